The van der Waals surface area contributed by atoms with Crippen LogP contribution in [-0.2, 0) is 25.1 Å². The summed E-state index contributed by atoms with van der Waals surface area (Å²) < 4.78 is 29.7. The van der Waals surface area contributed by atoms with E-state index in [0.717, 1.165) is 12.8 Å². The van der Waals surface area contributed by atoms with Gasteiger partial charge in [0.1, 0.15) is 11.9 Å². The van der Waals surface area contributed by atoms with Gasteiger partial charge in [0.05, 0.1) is 25.6 Å². The average molecular weight is 601 g/mol. The molecule has 2 atom stereocenters. The quantitative estimate of drug-likeness (QED) is 0.0585. The van der Waals surface area contributed by atoms with Crippen molar-refractivity contribution in [2.24, 2.45) is 0 Å². The third-order valence-corrected chi connectivity index (χ3v) is 8.05. The smallest absolute Gasteiger partial charge is 0.355 e. The Balaban J connectivity index is 1.44. The summed E-state index contributed by atoms with van der Waals surface area (Å²) in [7, 11) is -4.05. The number of nitrogens with zero attached hydrogens (tertiary/aromatic N) is 4. The molecule has 2 heterocycles. The molecule has 1 unspecified atom stereocenters. The summed E-state index contributed by atoms with van der Waals surface area (Å²) >= 11 is 0. The molecule has 0 saturated heterocycles. The molecule has 236 valence electrons. The molecule has 0 fully saturated rings. The first-order chi connectivity index (χ1) is 19.9. The fraction of sp³-hybridized carbons (Fsp3) is 0.821. The fourth-order valence-corrected chi connectivity index (χ4v) is 5.38. The van der Waals surface area contributed by atoms with Crippen molar-refractivity contribution in [2.45, 2.75) is 122 Å². The second-order valence-electron chi connectivity index (χ2n) is 10.7. The molecule has 41 heavy (non-hydrogen) atoms. The van der Waals surface area contributed by atoms with Crippen molar-refractivity contribution in [3.05, 3.63) is 6.33 Å². The van der Waals surface area contributed by atoms with Crippen LogP contribution in [0.5, 0.6) is 0 Å². The van der Waals surface area contributed by atoms with Crippen LogP contribution in [0.25, 0.3) is 11.2 Å². The molecule has 0 amide bonds. The minimum Gasteiger partial charge on any atom is -0.394 e. The van der Waals surface area contributed by atoms with E-state index >= 15 is 0 Å². The number of ether oxygens (including phenoxy) is 2. The zero-order valence-electron chi connectivity index (χ0n) is 24.9. The van der Waals surface area contributed by atoms with E-state index in [9.17, 15) is 14.6 Å². The van der Waals surface area contributed by atoms with Crippen LogP contribution in [-0.4, -0.2) is 62.0 Å². The van der Waals surface area contributed by atoms with Crippen LogP contribution in [0.4, 0.5) is 11.8 Å². The maximum Gasteiger partial charge on any atom is 0.355 e. The van der Waals surface area contributed by atoms with Crippen molar-refractivity contribution < 1.29 is 28.6 Å². The van der Waals surface area contributed by atoms with Gasteiger partial charge in [0, 0.05) is 6.61 Å². The van der Waals surface area contributed by atoms with E-state index in [2.05, 4.69) is 21.9 Å². The Bertz CT molecular complexity index is 1010. The maximum absolute atomic E-state index is 12.3. The number of nitrogens with two attached hydrogens (primary N) is 2. The molecule has 2 aromatic heterocycles. The van der Waals surface area contributed by atoms with Crippen LogP contribution in [0.2, 0.25) is 0 Å². The van der Waals surface area contributed by atoms with Crippen LogP contribution in [0.15, 0.2) is 6.33 Å². The predicted octanol–water partition coefficient (Wildman–Crippen LogP) is 5.76. The predicted molar refractivity (Wildman–Crippen MR) is 162 cm³/mol. The molecular formula is C28H53N6O6P. The number of rotatable bonds is 26. The molecule has 12 nitrogen and oxygen atoms in total. The van der Waals surface area contributed by atoms with Crippen LogP contribution < -0.4 is 11.5 Å². The zero-order chi connectivity index (χ0) is 29.8. The lowest BCUT2D eigenvalue weighted by Crippen LogP contribution is -2.25. The summed E-state index contributed by atoms with van der Waals surface area (Å²) in [6, 6.07) is 0. The van der Waals surface area contributed by atoms with Gasteiger partial charge >= 0.3 is 7.60 Å². The van der Waals surface area contributed by atoms with Crippen LogP contribution in [0, 0.1) is 0 Å². The van der Waals surface area contributed by atoms with Gasteiger partial charge in [-0.05, 0) is 6.42 Å². The Morgan fingerprint density at radius 3 is 2.02 bits per heavy atom. The highest BCUT2D eigenvalue weighted by atomic mass is 31.2. The van der Waals surface area contributed by atoms with Crippen molar-refractivity contribution >= 4 is 30.5 Å². The Morgan fingerprint density at radius 2 is 1.46 bits per heavy atom. The number of aliphatic hydroxyl groups is 1. The molecule has 0 aromatic carbocycles. The normalized spacial score (nSPS) is 14.0. The monoisotopic (exact) mass is 600 g/mol. The number of aromatic nitrogens is 4. The minimum absolute atomic E-state index is 0.00827. The summed E-state index contributed by atoms with van der Waals surface area (Å²) in [5.41, 5.74) is 12.2. The fourth-order valence-electron chi connectivity index (χ4n) is 4.67. The maximum atomic E-state index is 12.3. The highest BCUT2D eigenvalue weighted by Crippen LogP contribution is 2.42. The van der Waals surface area contributed by atoms with E-state index in [1.165, 1.54) is 96.2 Å². The molecule has 2 rings (SSSR count). The molecule has 0 radical (unpaired) electrons. The molecule has 0 bridgehead atoms. The van der Waals surface area contributed by atoms with Crippen molar-refractivity contribution in [1.29, 1.82) is 0 Å². The molecule has 13 heteroatoms. The lowest BCUT2D eigenvalue weighted by Gasteiger charge is -2.19. The number of unbranched alkanes of at least 4 members (excludes halogenated alkanes) is 15. The first-order valence-electron chi connectivity index (χ1n) is 15.4. The van der Waals surface area contributed by atoms with Crippen molar-refractivity contribution in [1.82, 2.24) is 19.5 Å². The van der Waals surface area contributed by atoms with E-state index in [1.807, 2.05) is 0 Å². The topological polar surface area (TPSA) is 181 Å². The summed E-state index contributed by atoms with van der Waals surface area (Å²) in [5, 5.41) is 9.67. The highest BCUT2D eigenvalue weighted by molar-refractivity contribution is 7.52. The molecule has 0 aliphatic rings. The van der Waals surface area contributed by atoms with Gasteiger partial charge in [-0.2, -0.15) is 9.97 Å². The van der Waals surface area contributed by atoms with Crippen LogP contribution in [0.1, 0.15) is 110 Å². The van der Waals surface area contributed by atoms with Gasteiger partial charge in [-0.25, -0.2) is 4.98 Å². The van der Waals surface area contributed by atoms with E-state index in [0.29, 0.717) is 17.8 Å². The lowest BCUT2D eigenvalue weighted by atomic mass is 10.0. The van der Waals surface area contributed by atoms with E-state index in [1.54, 1.807) is 4.57 Å². The standard InChI is InChI=1S/C28H53N6O6P/c1-2-3-4-5-6-7-8-9-10-11-12-13-14-15-16-17-18-38-22-40-41(36,37)23-39-24(20-35)19-34-21-31-25-26(29)32-28(30)33-27(25)34/h21,24,35H,2-20,22-23H2,1H3,(H,36,37)(H4,29,30,32,33)/t24-/m0/s1. The van der Waals surface area contributed by atoms with E-state index < -0.39 is 26.7 Å². The summed E-state index contributed by atoms with van der Waals surface area (Å²) in [6.07, 6.45) is 20.9. The SMILES string of the molecule is CCCCCCCCCCCCCCCCCCOCOP(=O)(O)CO[C@H](CO)Cn1cnc2c(N)nc(N)nc21. The molecule has 0 spiro atoms. The number of aliphatic hydroxyl groups excluding tert-OH is 1. The second kappa shape index (κ2) is 21.0. The van der Waals surface area contributed by atoms with Gasteiger partial charge in [-0.1, -0.05) is 103 Å². The molecular weight excluding hydrogens is 547 g/mol. The number of imidazole rings is 1. The molecule has 2 aromatic rings. The highest BCUT2D eigenvalue weighted by Gasteiger charge is 2.23. The largest absolute Gasteiger partial charge is 0.394 e. The lowest BCUT2D eigenvalue weighted by molar-refractivity contribution is -0.0108. The Kier molecular flexibility index (Phi) is 18.1. The number of hydrogen-bond donors (Lipinski definition) is 4. The van der Waals surface area contributed by atoms with Crippen molar-refractivity contribution in [3.8, 4) is 0 Å². The summed E-state index contributed by atoms with van der Waals surface area (Å²) in [5.74, 6) is 0.131. The number of fused-ring (bicyclic) bond motifs is 1. The summed E-state index contributed by atoms with van der Waals surface area (Å²) in [4.78, 5) is 22.2. The van der Waals surface area contributed by atoms with Gasteiger partial charge < -0.3 is 35.5 Å². The first kappa shape index (κ1) is 35.4. The van der Waals surface area contributed by atoms with Gasteiger partial charge in [0.2, 0.25) is 5.95 Å². The van der Waals surface area contributed by atoms with Crippen LogP contribution in [0.3, 0.4) is 0 Å². The molecule has 6 N–H and O–H groups in total. The number of nitrogen functional groups attached to an aromatic ring is 2. The first-order valence-corrected chi connectivity index (χ1v) is 17.1. The van der Waals surface area contributed by atoms with Gasteiger partial charge in [-0.15, -0.1) is 0 Å². The van der Waals surface area contributed by atoms with Gasteiger partial charge in [0.15, 0.2) is 18.3 Å². The van der Waals surface area contributed by atoms with E-state index in [-0.39, 0.29) is 25.1 Å². The Morgan fingerprint density at radius 1 is 0.902 bits per heavy atom. The Hall–Kier alpha value is -1.82. The third-order valence-electron chi connectivity index (χ3n) is 7.07. The van der Waals surface area contributed by atoms with Gasteiger partial charge in [-0.3, -0.25) is 9.09 Å². The Labute approximate surface area is 245 Å². The number of hydrogen-bond acceptors (Lipinski definition) is 10. The van der Waals surface area contributed by atoms with Gasteiger partial charge in [0.25, 0.3) is 0 Å². The molecule has 0 aliphatic carbocycles. The summed E-state index contributed by atoms with van der Waals surface area (Å²) in [6.45, 7) is 2.16. The van der Waals surface area contributed by atoms with Crippen molar-refractivity contribution in [3.63, 3.8) is 0 Å². The number of anilines is 2. The zero-order valence-corrected chi connectivity index (χ0v) is 25.8. The molecule has 0 aliphatic heterocycles. The second-order valence-corrected chi connectivity index (χ2v) is 12.5. The van der Waals surface area contributed by atoms with E-state index in [4.69, 9.17) is 25.5 Å². The average Bonchev–Trinajstić information content (AvgIpc) is 3.34. The minimum atomic E-state index is -4.05. The van der Waals surface area contributed by atoms with Crippen molar-refractivity contribution in [2.75, 3.05) is 37.8 Å². The van der Waals surface area contributed by atoms with Crippen LogP contribution >= 0.6 is 7.60 Å². The third kappa shape index (κ3) is 15.3. The molecule has 0 saturated carbocycles.